The molecule has 0 aliphatic carbocycles. The molecule has 2 N–H and O–H groups in total. The molecular formula is C30H33F3N6O3. The molecule has 3 aromatic rings. The average Bonchev–Trinajstić information content (AvgIpc) is 3.36. The van der Waals surface area contributed by atoms with E-state index in [0.717, 1.165) is 22.9 Å². The second-order valence-corrected chi connectivity index (χ2v) is 10.3. The zero-order valence-electron chi connectivity index (χ0n) is 23.9. The molecule has 5 rings (SSSR count). The van der Waals surface area contributed by atoms with E-state index in [9.17, 15) is 18.0 Å². The Balaban J connectivity index is 1.41. The number of hydrazine groups is 2. The average molecular weight is 583 g/mol. The lowest BCUT2D eigenvalue weighted by molar-refractivity contribution is -0.138. The molecule has 0 radical (unpaired) electrons. The Kier molecular flexibility index (Phi) is 8.39. The smallest absolute Gasteiger partial charge is 0.416 e. The van der Waals surface area contributed by atoms with E-state index in [2.05, 4.69) is 15.8 Å². The maximum atomic E-state index is 14.0. The number of anilines is 2. The fraction of sp³-hybridized carbons (Fsp3) is 0.333. The molecule has 0 unspecified atom stereocenters. The molecule has 0 spiro atoms. The monoisotopic (exact) mass is 582 g/mol. The number of nitrogens with one attached hydrogen (secondary N) is 2. The van der Waals surface area contributed by atoms with E-state index >= 15 is 0 Å². The number of rotatable bonds is 7. The first-order valence-corrected chi connectivity index (χ1v) is 13.5. The standard InChI is InChI=1S/C30H33F3N6O3/c1-19-5-6-21(13-27(19)39-18-28(37(3)36-39)22-12-25(41-4)16-34-15-22)29(40)35-24-11-23(17-38-7-9-42-10-8-38)20(2)26(14-24)30(31,32)33/h5-6,11-16,18,36H,7-10,17H2,1-4H3,(H,35,40). The first kappa shape index (κ1) is 29.4. The number of aryl methyl sites for hydroxylation is 1. The van der Waals surface area contributed by atoms with Crippen molar-refractivity contribution in [3.05, 3.63) is 88.4 Å². The van der Waals surface area contributed by atoms with Gasteiger partial charge in [-0.3, -0.25) is 24.7 Å². The number of alkyl halides is 3. The van der Waals surface area contributed by atoms with E-state index in [-0.39, 0.29) is 11.3 Å². The second-order valence-electron chi connectivity index (χ2n) is 10.3. The Morgan fingerprint density at radius 1 is 1.12 bits per heavy atom. The van der Waals surface area contributed by atoms with Gasteiger partial charge in [0.2, 0.25) is 0 Å². The van der Waals surface area contributed by atoms with Crippen LogP contribution in [-0.2, 0) is 17.5 Å². The largest absolute Gasteiger partial charge is 0.495 e. The van der Waals surface area contributed by atoms with E-state index in [1.165, 1.54) is 6.92 Å². The Bertz CT molecular complexity index is 1500. The molecule has 1 aromatic heterocycles. The van der Waals surface area contributed by atoms with Gasteiger partial charge in [-0.1, -0.05) is 6.07 Å². The molecule has 2 aliphatic heterocycles. The summed E-state index contributed by atoms with van der Waals surface area (Å²) in [5, 5.41) is 6.28. The highest BCUT2D eigenvalue weighted by molar-refractivity contribution is 6.05. The van der Waals surface area contributed by atoms with Crippen molar-refractivity contribution in [2.45, 2.75) is 26.6 Å². The molecule has 1 saturated heterocycles. The summed E-state index contributed by atoms with van der Waals surface area (Å²) in [5.74, 6) is 0.104. The summed E-state index contributed by atoms with van der Waals surface area (Å²) in [6, 6.07) is 9.63. The van der Waals surface area contributed by atoms with Gasteiger partial charge in [0, 0.05) is 55.9 Å². The third kappa shape index (κ3) is 6.35. The first-order valence-electron chi connectivity index (χ1n) is 13.5. The van der Waals surface area contributed by atoms with Crippen LogP contribution in [0.4, 0.5) is 24.5 Å². The lowest BCUT2D eigenvalue weighted by Crippen LogP contribution is -2.38. The third-order valence-corrected chi connectivity index (χ3v) is 7.42. The third-order valence-electron chi connectivity index (χ3n) is 7.42. The highest BCUT2D eigenvalue weighted by Crippen LogP contribution is 2.36. The highest BCUT2D eigenvalue weighted by atomic mass is 19.4. The summed E-state index contributed by atoms with van der Waals surface area (Å²) >= 11 is 0. The molecule has 0 saturated carbocycles. The van der Waals surface area contributed by atoms with Gasteiger partial charge in [-0.15, -0.1) is 5.53 Å². The number of hydrogen-bond acceptors (Lipinski definition) is 8. The van der Waals surface area contributed by atoms with Gasteiger partial charge in [0.15, 0.2) is 0 Å². The zero-order valence-corrected chi connectivity index (χ0v) is 23.9. The molecule has 3 heterocycles. The summed E-state index contributed by atoms with van der Waals surface area (Å²) in [6.45, 7) is 6.05. The molecule has 1 fully saturated rings. The first-order chi connectivity index (χ1) is 20.0. The summed E-state index contributed by atoms with van der Waals surface area (Å²) in [4.78, 5) is 19.6. The quantitative estimate of drug-likeness (QED) is 0.404. The van der Waals surface area contributed by atoms with Gasteiger partial charge < -0.3 is 14.8 Å². The number of halogens is 3. The molecule has 0 bridgehead atoms. The minimum atomic E-state index is -4.56. The number of pyridine rings is 1. The van der Waals surface area contributed by atoms with Gasteiger partial charge in [0.1, 0.15) is 5.75 Å². The SMILES string of the molecule is COc1cncc(C2=CN(c3cc(C(=O)Nc4cc(CN5CCOCC5)c(C)c(C(F)(F)F)c4)ccc3C)NN2C)c1. The van der Waals surface area contributed by atoms with Gasteiger partial charge in [0.05, 0.1) is 43.5 Å². The fourth-order valence-electron chi connectivity index (χ4n) is 5.03. The second kappa shape index (κ2) is 12.0. The predicted octanol–water partition coefficient (Wildman–Crippen LogP) is 4.98. The molecule has 12 heteroatoms. The number of hydrogen-bond donors (Lipinski definition) is 2. The lowest BCUT2D eigenvalue weighted by Gasteiger charge is -2.28. The van der Waals surface area contributed by atoms with E-state index < -0.39 is 17.6 Å². The number of benzene rings is 2. The number of aromatic nitrogens is 1. The molecule has 1 amide bonds. The van der Waals surface area contributed by atoms with Crippen LogP contribution in [0.3, 0.4) is 0 Å². The Morgan fingerprint density at radius 3 is 2.60 bits per heavy atom. The number of nitrogens with zero attached hydrogens (tertiary/aromatic N) is 4. The Hall–Kier alpha value is -4.13. The van der Waals surface area contributed by atoms with E-state index in [1.807, 2.05) is 36.1 Å². The van der Waals surface area contributed by atoms with E-state index in [1.54, 1.807) is 48.8 Å². The summed E-state index contributed by atoms with van der Waals surface area (Å²) in [7, 11) is 3.42. The van der Waals surface area contributed by atoms with Crippen molar-refractivity contribution in [2.75, 3.05) is 50.8 Å². The van der Waals surface area contributed by atoms with Gasteiger partial charge in [-0.05, 0) is 60.9 Å². The predicted molar refractivity (Wildman–Crippen MR) is 154 cm³/mol. The summed E-state index contributed by atoms with van der Waals surface area (Å²) in [5.41, 5.74) is 6.76. The number of morpholine rings is 1. The molecule has 222 valence electrons. The number of amides is 1. The number of carbonyl (C=O) groups is 1. The van der Waals surface area contributed by atoms with Gasteiger partial charge >= 0.3 is 6.18 Å². The molecule has 9 nitrogen and oxygen atoms in total. The van der Waals surface area contributed by atoms with Crippen molar-refractivity contribution < 1.29 is 27.4 Å². The Labute approximate surface area is 242 Å². The van der Waals surface area contributed by atoms with Crippen molar-refractivity contribution in [1.82, 2.24) is 20.4 Å². The molecule has 2 aromatic carbocycles. The normalized spacial score (nSPS) is 16.0. The van der Waals surface area contributed by atoms with Crippen LogP contribution < -0.4 is 20.6 Å². The van der Waals surface area contributed by atoms with Crippen LogP contribution in [0.2, 0.25) is 0 Å². The fourth-order valence-corrected chi connectivity index (χ4v) is 5.03. The molecule has 2 aliphatic rings. The number of carbonyl (C=O) groups excluding carboxylic acids is 1. The van der Waals surface area contributed by atoms with Crippen molar-refractivity contribution >= 4 is 23.0 Å². The van der Waals surface area contributed by atoms with Gasteiger partial charge in [-0.2, -0.15) is 13.2 Å². The maximum absolute atomic E-state index is 14.0. The highest BCUT2D eigenvalue weighted by Gasteiger charge is 2.34. The van der Waals surface area contributed by atoms with Crippen molar-refractivity contribution in [3.63, 3.8) is 0 Å². The van der Waals surface area contributed by atoms with Crippen LogP contribution in [0.5, 0.6) is 5.75 Å². The van der Waals surface area contributed by atoms with Crippen molar-refractivity contribution in [1.29, 1.82) is 0 Å². The summed E-state index contributed by atoms with van der Waals surface area (Å²) < 4.78 is 52.6. The Morgan fingerprint density at radius 2 is 1.88 bits per heavy atom. The topological polar surface area (TPSA) is 82.2 Å². The van der Waals surface area contributed by atoms with Gasteiger partial charge in [-0.25, -0.2) is 0 Å². The molecule has 0 atom stereocenters. The zero-order chi connectivity index (χ0) is 30.0. The van der Waals surface area contributed by atoms with Crippen LogP contribution >= 0.6 is 0 Å². The van der Waals surface area contributed by atoms with Crippen LogP contribution in [0, 0.1) is 13.8 Å². The molecular weight excluding hydrogens is 549 g/mol. The van der Waals surface area contributed by atoms with Crippen LogP contribution in [-0.4, -0.2) is 61.3 Å². The number of methoxy groups -OCH3 is 1. The van der Waals surface area contributed by atoms with Crippen LogP contribution in [0.15, 0.2) is 55.0 Å². The minimum absolute atomic E-state index is 0.0926. The maximum Gasteiger partial charge on any atom is 0.416 e. The van der Waals surface area contributed by atoms with Crippen molar-refractivity contribution in [2.24, 2.45) is 0 Å². The van der Waals surface area contributed by atoms with Crippen molar-refractivity contribution in [3.8, 4) is 5.75 Å². The van der Waals surface area contributed by atoms with Crippen LogP contribution in [0.1, 0.15) is 38.2 Å². The minimum Gasteiger partial charge on any atom is -0.495 e. The summed E-state index contributed by atoms with van der Waals surface area (Å²) in [6.07, 6.45) is 0.649. The molecule has 42 heavy (non-hydrogen) atoms. The van der Waals surface area contributed by atoms with Gasteiger partial charge in [0.25, 0.3) is 5.91 Å². The lowest BCUT2D eigenvalue weighted by atomic mass is 9.99. The van der Waals surface area contributed by atoms with E-state index in [0.29, 0.717) is 55.4 Å². The number of ether oxygens (including phenoxy) is 2. The van der Waals surface area contributed by atoms with E-state index in [4.69, 9.17) is 9.47 Å². The van der Waals surface area contributed by atoms with Crippen LogP contribution in [0.25, 0.3) is 5.70 Å².